The van der Waals surface area contributed by atoms with Crippen molar-refractivity contribution in [2.75, 3.05) is 17.2 Å². The van der Waals surface area contributed by atoms with E-state index in [1.54, 1.807) is 0 Å². The molecule has 0 bridgehead atoms. The Bertz CT molecular complexity index is 1350. The Morgan fingerprint density at radius 1 is 1.11 bits per heavy atom. The summed E-state index contributed by atoms with van der Waals surface area (Å²) in [6.07, 6.45) is 5.73. The molecule has 1 atom stereocenters. The molecule has 188 valence electrons. The molecule has 4 rings (SSSR count). The predicted octanol–water partition coefficient (Wildman–Crippen LogP) is 5.57. The number of hydrogen-bond donors (Lipinski definition) is 1. The van der Waals surface area contributed by atoms with E-state index in [1.807, 2.05) is 30.3 Å². The predicted molar refractivity (Wildman–Crippen MR) is 141 cm³/mol. The van der Waals surface area contributed by atoms with E-state index < -0.39 is 10.1 Å². The number of imidazole rings is 1. The lowest BCUT2D eigenvalue weighted by Crippen LogP contribution is -2.37. The van der Waals surface area contributed by atoms with E-state index in [-0.39, 0.29) is 12.0 Å². The van der Waals surface area contributed by atoms with Crippen molar-refractivity contribution in [3.05, 3.63) is 58.3 Å². The summed E-state index contributed by atoms with van der Waals surface area (Å²) in [5.74, 6) is 1.60. The van der Waals surface area contributed by atoms with Crippen LogP contribution in [0.1, 0.15) is 38.9 Å². The Balaban J connectivity index is 1.63. The molecule has 0 amide bonds. The highest BCUT2D eigenvalue weighted by Gasteiger charge is 2.29. The van der Waals surface area contributed by atoms with Crippen LogP contribution in [0.5, 0.6) is 5.75 Å². The maximum absolute atomic E-state index is 11.1. The van der Waals surface area contributed by atoms with Crippen LogP contribution in [-0.4, -0.2) is 36.1 Å². The molecule has 0 fully saturated rings. The van der Waals surface area contributed by atoms with Crippen LogP contribution in [0.2, 0.25) is 10.0 Å². The number of aromatic nitrogens is 2. The number of aryl methyl sites for hydroxylation is 2. The van der Waals surface area contributed by atoms with Gasteiger partial charge in [-0.2, -0.15) is 8.42 Å². The first-order chi connectivity index (χ1) is 16.7. The maximum atomic E-state index is 11.1. The minimum Gasteiger partial charge on any atom is -0.468 e. The molecular weight excluding hydrogens is 509 g/mol. The van der Waals surface area contributed by atoms with Gasteiger partial charge in [0.05, 0.1) is 34.6 Å². The topological polar surface area (TPSA) is 75.6 Å². The summed E-state index contributed by atoms with van der Waals surface area (Å²) in [7, 11) is -3.98. The first-order valence-corrected chi connectivity index (χ1v) is 14.1. The number of para-hydroxylation sites is 2. The fourth-order valence-corrected chi connectivity index (χ4v) is 5.54. The zero-order valence-corrected chi connectivity index (χ0v) is 22.2. The Labute approximate surface area is 216 Å². The van der Waals surface area contributed by atoms with Crippen LogP contribution in [0.15, 0.2) is 42.5 Å². The van der Waals surface area contributed by atoms with Gasteiger partial charge in [0.2, 0.25) is 0 Å². The lowest BCUT2D eigenvalue weighted by atomic mass is 10.2. The maximum Gasteiger partial charge on any atom is 0.282 e. The number of fused-ring (bicyclic) bond motifs is 2. The SMILES string of the molecule is CCN1c2ccccc2OC1C/C=C/c1n(CC)c2cc(Cl)c(Cl)cc2[n+]1CCCCS(=O)(=O)O. The van der Waals surface area contributed by atoms with E-state index in [9.17, 15) is 8.42 Å². The molecule has 1 aliphatic rings. The molecule has 1 unspecified atom stereocenters. The summed E-state index contributed by atoms with van der Waals surface area (Å²) in [6.45, 7) is 6.32. The van der Waals surface area contributed by atoms with Crippen molar-refractivity contribution in [1.29, 1.82) is 0 Å². The molecule has 3 aromatic rings. The van der Waals surface area contributed by atoms with Crippen LogP contribution in [-0.2, 0) is 23.2 Å². The van der Waals surface area contributed by atoms with Crippen molar-refractivity contribution in [3.63, 3.8) is 0 Å². The molecule has 0 saturated carbocycles. The molecular formula is C25H30Cl2N3O4S+. The highest BCUT2D eigenvalue weighted by molar-refractivity contribution is 7.85. The average molecular weight is 540 g/mol. The Morgan fingerprint density at radius 3 is 2.57 bits per heavy atom. The van der Waals surface area contributed by atoms with Crippen LogP contribution in [0, 0.1) is 0 Å². The fourth-order valence-electron chi connectivity index (χ4n) is 4.65. The molecule has 35 heavy (non-hydrogen) atoms. The van der Waals surface area contributed by atoms with E-state index in [1.165, 1.54) is 0 Å². The standard InChI is InChI=1S/C25H29Cl2N3O4S/c1-3-28-21-16-18(26)19(27)17-22(21)30(14-7-8-15-35(31,32)33)24(28)12-9-13-25-29(4-2)20-10-5-6-11-23(20)34-25/h5-6,9-12,16-17,25H,3-4,7-8,13-15H2,1-2H3/p+1/b12-9+. The summed E-state index contributed by atoms with van der Waals surface area (Å²) in [4.78, 5) is 2.25. The van der Waals surface area contributed by atoms with Gasteiger partial charge in [-0.3, -0.25) is 4.55 Å². The van der Waals surface area contributed by atoms with Crippen LogP contribution in [0.3, 0.4) is 0 Å². The van der Waals surface area contributed by atoms with E-state index in [0.29, 0.717) is 35.9 Å². The van der Waals surface area contributed by atoms with Gasteiger partial charge < -0.3 is 9.64 Å². The Kier molecular flexibility index (Phi) is 7.96. The zero-order valence-electron chi connectivity index (χ0n) is 19.8. The van der Waals surface area contributed by atoms with Crippen LogP contribution < -0.4 is 14.2 Å². The quantitative estimate of drug-likeness (QED) is 0.207. The Hall–Kier alpha value is -2.26. The summed E-state index contributed by atoms with van der Waals surface area (Å²) in [6, 6.07) is 11.8. The van der Waals surface area contributed by atoms with Crippen molar-refractivity contribution >= 4 is 56.1 Å². The van der Waals surface area contributed by atoms with Gasteiger partial charge in [-0.15, -0.1) is 0 Å². The molecule has 7 nitrogen and oxygen atoms in total. The van der Waals surface area contributed by atoms with Gasteiger partial charge in [-0.25, -0.2) is 9.13 Å². The number of hydrogen-bond acceptors (Lipinski definition) is 4. The molecule has 0 spiro atoms. The van der Waals surface area contributed by atoms with E-state index >= 15 is 0 Å². The van der Waals surface area contributed by atoms with Crippen LogP contribution in [0.25, 0.3) is 17.1 Å². The average Bonchev–Trinajstić information content (AvgIpc) is 3.30. The van der Waals surface area contributed by atoms with Crippen molar-refractivity contribution in [1.82, 2.24) is 4.57 Å². The molecule has 2 heterocycles. The highest BCUT2D eigenvalue weighted by atomic mass is 35.5. The third-order valence-electron chi connectivity index (χ3n) is 6.23. The lowest BCUT2D eigenvalue weighted by Gasteiger charge is -2.22. The van der Waals surface area contributed by atoms with Crippen molar-refractivity contribution in [3.8, 4) is 5.75 Å². The fraction of sp³-hybridized carbons (Fsp3) is 0.400. The normalized spacial score (nSPS) is 15.8. The summed E-state index contributed by atoms with van der Waals surface area (Å²) >= 11 is 12.7. The van der Waals surface area contributed by atoms with Gasteiger partial charge in [0, 0.05) is 31.2 Å². The molecule has 1 aliphatic heterocycles. The van der Waals surface area contributed by atoms with Crippen molar-refractivity contribution in [2.45, 2.75) is 52.4 Å². The van der Waals surface area contributed by atoms with E-state index in [2.05, 4.69) is 46.1 Å². The minimum atomic E-state index is -3.98. The third kappa shape index (κ3) is 5.61. The summed E-state index contributed by atoms with van der Waals surface area (Å²) in [5, 5.41) is 0.946. The van der Waals surface area contributed by atoms with E-state index in [0.717, 1.165) is 41.4 Å². The molecule has 2 aromatic carbocycles. The largest absolute Gasteiger partial charge is 0.468 e. The molecule has 1 aromatic heterocycles. The second-order valence-corrected chi connectivity index (χ2v) is 10.9. The van der Waals surface area contributed by atoms with Crippen LogP contribution >= 0.6 is 23.2 Å². The molecule has 1 N–H and O–H groups in total. The monoisotopic (exact) mass is 538 g/mol. The number of unbranched alkanes of at least 4 members (excludes halogenated alkanes) is 1. The number of benzene rings is 2. The van der Waals surface area contributed by atoms with E-state index in [4.69, 9.17) is 32.5 Å². The molecule has 0 radical (unpaired) electrons. The molecule has 0 aliphatic carbocycles. The first kappa shape index (κ1) is 25.8. The van der Waals surface area contributed by atoms with Gasteiger partial charge in [0.15, 0.2) is 17.3 Å². The first-order valence-electron chi connectivity index (χ1n) is 11.8. The second-order valence-electron chi connectivity index (χ2n) is 8.47. The number of nitrogens with zero attached hydrogens (tertiary/aromatic N) is 3. The lowest BCUT2D eigenvalue weighted by molar-refractivity contribution is -0.674. The molecule has 10 heteroatoms. The van der Waals surface area contributed by atoms with Gasteiger partial charge in [0.25, 0.3) is 15.9 Å². The van der Waals surface area contributed by atoms with Gasteiger partial charge in [0.1, 0.15) is 5.75 Å². The van der Waals surface area contributed by atoms with Gasteiger partial charge in [-0.05, 0) is 38.8 Å². The summed E-state index contributed by atoms with van der Waals surface area (Å²) in [5.41, 5.74) is 2.98. The smallest absolute Gasteiger partial charge is 0.282 e. The Morgan fingerprint density at radius 2 is 1.86 bits per heavy atom. The van der Waals surface area contributed by atoms with Gasteiger partial charge in [-0.1, -0.05) is 41.4 Å². The third-order valence-corrected chi connectivity index (χ3v) is 7.76. The second kappa shape index (κ2) is 10.8. The number of ether oxygens (including phenoxy) is 1. The molecule has 0 saturated heterocycles. The number of rotatable bonds is 10. The minimum absolute atomic E-state index is 0.0831. The van der Waals surface area contributed by atoms with Crippen LogP contribution in [0.4, 0.5) is 5.69 Å². The van der Waals surface area contributed by atoms with Crippen molar-refractivity contribution in [2.24, 2.45) is 0 Å². The number of anilines is 1. The van der Waals surface area contributed by atoms with Gasteiger partial charge >= 0.3 is 0 Å². The highest BCUT2D eigenvalue weighted by Crippen LogP contribution is 2.37. The number of halogens is 2. The summed E-state index contributed by atoms with van der Waals surface area (Å²) < 4.78 is 41.8. The van der Waals surface area contributed by atoms with Crippen molar-refractivity contribution < 1.29 is 22.3 Å². The zero-order chi connectivity index (χ0) is 25.2.